The molecule has 0 aliphatic carbocycles. The quantitative estimate of drug-likeness (QED) is 0.502. The van der Waals surface area contributed by atoms with E-state index in [0.29, 0.717) is 11.1 Å². The Morgan fingerprint density at radius 3 is 2.71 bits per heavy atom. The minimum Gasteiger partial charge on any atom is -0.451 e. The highest BCUT2D eigenvalue weighted by Gasteiger charge is 2.20. The molecule has 0 fully saturated rings. The summed E-state index contributed by atoms with van der Waals surface area (Å²) < 4.78 is 18.9. The topological polar surface area (TPSA) is 43.1 Å². The van der Waals surface area contributed by atoms with Gasteiger partial charge in [0.25, 0.3) is 0 Å². The average Bonchev–Trinajstić information content (AvgIpc) is 2.85. The van der Waals surface area contributed by atoms with Crippen molar-refractivity contribution in [1.29, 1.82) is 0 Å². The molecule has 0 radical (unpaired) electrons. The highest BCUT2D eigenvalue weighted by Crippen LogP contribution is 2.28. The van der Waals surface area contributed by atoms with Crippen molar-refractivity contribution < 1.29 is 13.6 Å². The Balaban J connectivity index is 2.10. The number of benzene rings is 1. The van der Waals surface area contributed by atoms with Crippen molar-refractivity contribution in [3.05, 3.63) is 63.2 Å². The molecular weight excluding hydrogens is 316 g/mol. The molecule has 3 rings (SSSR count). The van der Waals surface area contributed by atoms with Crippen LogP contribution in [0, 0.1) is 12.7 Å². The Morgan fingerprint density at radius 2 is 1.95 bits per heavy atom. The monoisotopic (exact) mass is 323 g/mol. The van der Waals surface area contributed by atoms with Crippen molar-refractivity contribution in [2.45, 2.75) is 6.92 Å². The van der Waals surface area contributed by atoms with Gasteiger partial charge in [-0.3, -0.25) is 4.79 Å². The molecule has 106 valence electrons. The van der Waals surface area contributed by atoms with Gasteiger partial charge in [0, 0.05) is 17.3 Å². The zero-order valence-corrected chi connectivity index (χ0v) is 12.3. The standard InChI is InChI=1S/C15H8Cl2FNO2/c1-7-2-3-13-12(19-7)6-14(21-13)15(20)8-4-11(18)10(17)5-9(8)16/h2-6H,1H3. The third-order valence-corrected chi connectivity index (χ3v) is 3.59. The third kappa shape index (κ3) is 2.52. The van der Waals surface area contributed by atoms with Crippen LogP contribution in [-0.4, -0.2) is 10.8 Å². The summed E-state index contributed by atoms with van der Waals surface area (Å²) in [6, 6.07) is 7.19. The summed E-state index contributed by atoms with van der Waals surface area (Å²) in [5, 5.41) is -0.0746. The molecule has 1 aromatic carbocycles. The van der Waals surface area contributed by atoms with Gasteiger partial charge in [0.15, 0.2) is 11.3 Å². The largest absolute Gasteiger partial charge is 0.451 e. The molecule has 0 amide bonds. The average molecular weight is 324 g/mol. The summed E-state index contributed by atoms with van der Waals surface area (Å²) in [7, 11) is 0. The molecule has 0 aliphatic rings. The molecule has 0 saturated carbocycles. The van der Waals surface area contributed by atoms with E-state index in [1.54, 1.807) is 12.1 Å². The molecule has 2 aromatic heterocycles. The highest BCUT2D eigenvalue weighted by molar-refractivity contribution is 6.37. The van der Waals surface area contributed by atoms with Gasteiger partial charge < -0.3 is 4.42 Å². The van der Waals surface area contributed by atoms with Gasteiger partial charge >= 0.3 is 0 Å². The van der Waals surface area contributed by atoms with E-state index in [1.807, 2.05) is 6.92 Å². The number of carbonyl (C=O) groups is 1. The Hall–Kier alpha value is -1.91. The molecule has 0 saturated heterocycles. The second kappa shape index (κ2) is 5.13. The Kier molecular flexibility index (Phi) is 3.43. The molecule has 0 aliphatic heterocycles. The molecule has 0 spiro atoms. The van der Waals surface area contributed by atoms with E-state index in [2.05, 4.69) is 4.98 Å². The number of rotatable bonds is 2. The lowest BCUT2D eigenvalue weighted by Crippen LogP contribution is -2.01. The lowest BCUT2D eigenvalue weighted by Gasteiger charge is -2.02. The number of aromatic nitrogens is 1. The summed E-state index contributed by atoms with van der Waals surface area (Å²) in [6.07, 6.45) is 0. The van der Waals surface area contributed by atoms with Crippen LogP contribution in [0.2, 0.25) is 10.0 Å². The molecule has 21 heavy (non-hydrogen) atoms. The van der Waals surface area contributed by atoms with Gasteiger partial charge in [-0.1, -0.05) is 23.2 Å². The second-order valence-electron chi connectivity index (χ2n) is 4.52. The first-order valence-electron chi connectivity index (χ1n) is 6.02. The molecule has 2 heterocycles. The van der Waals surface area contributed by atoms with E-state index in [4.69, 9.17) is 27.6 Å². The maximum absolute atomic E-state index is 13.5. The Morgan fingerprint density at radius 1 is 1.19 bits per heavy atom. The van der Waals surface area contributed by atoms with Crippen molar-refractivity contribution in [1.82, 2.24) is 4.98 Å². The van der Waals surface area contributed by atoms with Gasteiger partial charge in [-0.25, -0.2) is 9.37 Å². The van der Waals surface area contributed by atoms with Gasteiger partial charge in [0.05, 0.1) is 10.0 Å². The number of halogens is 3. The van der Waals surface area contributed by atoms with Crippen LogP contribution in [0.5, 0.6) is 0 Å². The first kappa shape index (κ1) is 14.0. The normalized spacial score (nSPS) is 11.0. The van der Waals surface area contributed by atoms with E-state index in [9.17, 15) is 9.18 Å². The van der Waals surface area contributed by atoms with Gasteiger partial charge in [0.1, 0.15) is 11.3 Å². The SMILES string of the molecule is Cc1ccc2oc(C(=O)c3cc(F)c(Cl)cc3Cl)cc2n1. The number of aryl methyl sites for hydroxylation is 1. The fourth-order valence-electron chi connectivity index (χ4n) is 1.97. The van der Waals surface area contributed by atoms with Gasteiger partial charge in [-0.05, 0) is 31.2 Å². The van der Waals surface area contributed by atoms with E-state index in [0.717, 1.165) is 11.8 Å². The molecule has 0 unspecified atom stereocenters. The van der Waals surface area contributed by atoms with Crippen LogP contribution in [0.4, 0.5) is 4.39 Å². The summed E-state index contributed by atoms with van der Waals surface area (Å²) >= 11 is 11.6. The number of nitrogens with zero attached hydrogens (tertiary/aromatic N) is 1. The Labute approximate surface area is 129 Å². The maximum atomic E-state index is 13.5. The lowest BCUT2D eigenvalue weighted by atomic mass is 10.1. The van der Waals surface area contributed by atoms with Crippen molar-refractivity contribution in [2.24, 2.45) is 0 Å². The molecular formula is C15H8Cl2FNO2. The zero-order valence-electron chi connectivity index (χ0n) is 10.8. The molecule has 3 aromatic rings. The van der Waals surface area contributed by atoms with Crippen LogP contribution >= 0.6 is 23.2 Å². The third-order valence-electron chi connectivity index (χ3n) is 2.99. The van der Waals surface area contributed by atoms with Gasteiger partial charge in [-0.2, -0.15) is 0 Å². The first-order chi connectivity index (χ1) is 9.95. The van der Waals surface area contributed by atoms with Gasteiger partial charge in [0.2, 0.25) is 5.78 Å². The predicted molar refractivity (Wildman–Crippen MR) is 78.6 cm³/mol. The van der Waals surface area contributed by atoms with Crippen LogP contribution in [0.15, 0.2) is 34.7 Å². The molecule has 0 N–H and O–H groups in total. The molecule has 6 heteroatoms. The number of pyridine rings is 1. The van der Waals surface area contributed by atoms with Crippen LogP contribution in [0.3, 0.4) is 0 Å². The summed E-state index contributed by atoms with van der Waals surface area (Å²) in [5.74, 6) is -1.19. The molecule has 3 nitrogen and oxygen atoms in total. The minimum absolute atomic E-state index is 0.00524. The van der Waals surface area contributed by atoms with E-state index in [-0.39, 0.29) is 21.4 Å². The molecule has 0 atom stereocenters. The summed E-state index contributed by atoms with van der Waals surface area (Å²) in [5.41, 5.74) is 1.84. The van der Waals surface area contributed by atoms with Crippen LogP contribution < -0.4 is 0 Å². The number of carbonyl (C=O) groups excluding carboxylic acids is 1. The van der Waals surface area contributed by atoms with Crippen molar-refractivity contribution in [3.63, 3.8) is 0 Å². The van der Waals surface area contributed by atoms with Crippen LogP contribution in [0.25, 0.3) is 11.1 Å². The summed E-state index contributed by atoms with van der Waals surface area (Å²) in [6.45, 7) is 1.83. The van der Waals surface area contributed by atoms with E-state index >= 15 is 0 Å². The molecule has 0 bridgehead atoms. The minimum atomic E-state index is -0.713. The Bertz CT molecular complexity index is 873. The predicted octanol–water partition coefficient (Wildman–Crippen LogP) is 4.81. The van der Waals surface area contributed by atoms with Crippen molar-refractivity contribution in [3.8, 4) is 0 Å². The lowest BCUT2D eigenvalue weighted by molar-refractivity contribution is 0.101. The highest BCUT2D eigenvalue weighted by atomic mass is 35.5. The fraction of sp³-hybridized carbons (Fsp3) is 0.0667. The smallest absolute Gasteiger partial charge is 0.229 e. The zero-order chi connectivity index (χ0) is 15.1. The van der Waals surface area contributed by atoms with Crippen LogP contribution in [0.1, 0.15) is 21.8 Å². The number of hydrogen-bond donors (Lipinski definition) is 0. The van der Waals surface area contributed by atoms with E-state index in [1.165, 1.54) is 12.1 Å². The van der Waals surface area contributed by atoms with Crippen LogP contribution in [-0.2, 0) is 0 Å². The van der Waals surface area contributed by atoms with Gasteiger partial charge in [-0.15, -0.1) is 0 Å². The summed E-state index contributed by atoms with van der Waals surface area (Å²) in [4.78, 5) is 16.6. The number of ketones is 1. The number of fused-ring (bicyclic) bond motifs is 1. The van der Waals surface area contributed by atoms with Crippen molar-refractivity contribution in [2.75, 3.05) is 0 Å². The maximum Gasteiger partial charge on any atom is 0.229 e. The van der Waals surface area contributed by atoms with Crippen molar-refractivity contribution >= 4 is 40.1 Å². The number of furan rings is 1. The fourth-order valence-corrected chi connectivity index (χ4v) is 2.44. The second-order valence-corrected chi connectivity index (χ2v) is 5.34. The first-order valence-corrected chi connectivity index (χ1v) is 6.78. The number of hydrogen-bond acceptors (Lipinski definition) is 3. The van der Waals surface area contributed by atoms with E-state index < -0.39 is 11.6 Å².